The van der Waals surface area contributed by atoms with Crippen LogP contribution in [0.2, 0.25) is 0 Å². The van der Waals surface area contributed by atoms with Crippen LogP contribution in [0.4, 0.5) is 14.9 Å². The molecular weight excluding hydrogens is 267 g/mol. The number of carboxylic acids is 1. The van der Waals surface area contributed by atoms with Gasteiger partial charge in [-0.25, -0.2) is 9.18 Å². The fourth-order valence-electron chi connectivity index (χ4n) is 1.62. The molecule has 0 radical (unpaired) electrons. The van der Waals surface area contributed by atoms with Crippen LogP contribution in [0.25, 0.3) is 0 Å². The number of ether oxygens (including phenoxy) is 1. The second-order valence-electron chi connectivity index (χ2n) is 4.15. The number of methoxy groups -OCH3 is 1. The highest BCUT2D eigenvalue weighted by Gasteiger charge is 2.15. The Hall–Kier alpha value is -2.31. The minimum absolute atomic E-state index is 0.162. The largest absolute Gasteiger partial charge is 0.494 e. The van der Waals surface area contributed by atoms with Crippen LogP contribution in [0.3, 0.4) is 0 Å². The van der Waals surface area contributed by atoms with Gasteiger partial charge >= 0.3 is 12.0 Å². The summed E-state index contributed by atoms with van der Waals surface area (Å²) in [6.45, 7) is 1.77. The molecule has 0 aliphatic heterocycles. The highest BCUT2D eigenvalue weighted by molar-refractivity contribution is 5.91. The van der Waals surface area contributed by atoms with Crippen molar-refractivity contribution in [1.82, 2.24) is 5.32 Å². The van der Waals surface area contributed by atoms with Crippen molar-refractivity contribution in [2.45, 2.75) is 25.8 Å². The lowest BCUT2D eigenvalue weighted by Crippen LogP contribution is -2.38. The van der Waals surface area contributed by atoms with Crippen LogP contribution in [0.5, 0.6) is 5.75 Å². The summed E-state index contributed by atoms with van der Waals surface area (Å²) in [5.74, 6) is -1.28. The Morgan fingerprint density at radius 1 is 1.45 bits per heavy atom. The number of benzene rings is 1. The van der Waals surface area contributed by atoms with Gasteiger partial charge in [0.2, 0.25) is 0 Å². The first kappa shape index (κ1) is 15.7. The maximum Gasteiger partial charge on any atom is 0.319 e. The Labute approximate surface area is 115 Å². The number of amides is 2. The first-order chi connectivity index (χ1) is 9.46. The van der Waals surface area contributed by atoms with Gasteiger partial charge in [-0.05, 0) is 18.6 Å². The van der Waals surface area contributed by atoms with E-state index in [1.165, 1.54) is 19.2 Å². The molecule has 1 aromatic carbocycles. The Balaban J connectivity index is 2.68. The summed E-state index contributed by atoms with van der Waals surface area (Å²) < 4.78 is 18.0. The van der Waals surface area contributed by atoms with Crippen molar-refractivity contribution in [3.8, 4) is 5.75 Å². The zero-order chi connectivity index (χ0) is 15.1. The molecule has 7 heteroatoms. The number of nitrogens with one attached hydrogen (secondary N) is 2. The normalized spacial score (nSPS) is 11.6. The molecule has 0 fully saturated rings. The summed E-state index contributed by atoms with van der Waals surface area (Å²) in [7, 11) is 1.36. The van der Waals surface area contributed by atoms with E-state index in [0.717, 1.165) is 6.07 Å². The maximum absolute atomic E-state index is 13.0. The molecule has 1 unspecified atom stereocenters. The first-order valence-corrected chi connectivity index (χ1v) is 6.09. The van der Waals surface area contributed by atoms with Crippen molar-refractivity contribution in [2.75, 3.05) is 12.4 Å². The number of hydrogen-bond donors (Lipinski definition) is 3. The van der Waals surface area contributed by atoms with E-state index in [0.29, 0.717) is 12.1 Å². The van der Waals surface area contributed by atoms with Gasteiger partial charge in [0.05, 0.1) is 19.2 Å². The number of urea groups is 1. The second-order valence-corrected chi connectivity index (χ2v) is 4.15. The van der Waals surface area contributed by atoms with E-state index in [1.54, 1.807) is 6.92 Å². The monoisotopic (exact) mass is 284 g/mol. The van der Waals surface area contributed by atoms with Gasteiger partial charge in [0.1, 0.15) is 11.6 Å². The molecule has 20 heavy (non-hydrogen) atoms. The fourth-order valence-corrected chi connectivity index (χ4v) is 1.62. The molecule has 1 aromatic rings. The van der Waals surface area contributed by atoms with Crippen molar-refractivity contribution in [3.63, 3.8) is 0 Å². The molecule has 0 saturated heterocycles. The maximum atomic E-state index is 13.0. The zero-order valence-electron chi connectivity index (χ0n) is 11.3. The van der Waals surface area contributed by atoms with Crippen LogP contribution >= 0.6 is 0 Å². The third kappa shape index (κ3) is 4.75. The predicted octanol–water partition coefficient (Wildman–Crippen LogP) is 2.21. The summed E-state index contributed by atoms with van der Waals surface area (Å²) in [5.41, 5.74) is 0.302. The lowest BCUT2D eigenvalue weighted by Gasteiger charge is -2.16. The zero-order valence-corrected chi connectivity index (χ0v) is 11.3. The number of halogens is 1. The lowest BCUT2D eigenvalue weighted by atomic mass is 10.1. The van der Waals surface area contributed by atoms with Crippen LogP contribution in [0.15, 0.2) is 18.2 Å². The number of hydrogen-bond acceptors (Lipinski definition) is 3. The Morgan fingerprint density at radius 3 is 2.70 bits per heavy atom. The second kappa shape index (κ2) is 7.32. The standard InChI is InChI=1S/C13H17FN2O4/c1-3-9(7-12(17)18)15-13(19)16-10-5-4-8(14)6-11(10)20-2/h4-6,9H,3,7H2,1-2H3,(H,17,18)(H2,15,16,19). The van der Waals surface area contributed by atoms with Crippen LogP contribution in [-0.2, 0) is 4.79 Å². The van der Waals surface area contributed by atoms with Crippen molar-refractivity contribution in [1.29, 1.82) is 0 Å². The van der Waals surface area contributed by atoms with Gasteiger partial charge in [-0.3, -0.25) is 4.79 Å². The van der Waals surface area contributed by atoms with Crippen LogP contribution < -0.4 is 15.4 Å². The number of carboxylic acid groups (broad SMARTS) is 1. The predicted molar refractivity (Wildman–Crippen MR) is 71.4 cm³/mol. The highest BCUT2D eigenvalue weighted by Crippen LogP contribution is 2.24. The molecule has 6 nitrogen and oxygen atoms in total. The van der Waals surface area contributed by atoms with E-state index in [9.17, 15) is 14.0 Å². The van der Waals surface area contributed by atoms with Gasteiger partial charge in [-0.1, -0.05) is 6.92 Å². The van der Waals surface area contributed by atoms with Gasteiger partial charge in [-0.2, -0.15) is 0 Å². The summed E-state index contributed by atoms with van der Waals surface area (Å²) in [5, 5.41) is 13.7. The van der Waals surface area contributed by atoms with E-state index in [2.05, 4.69) is 10.6 Å². The van der Waals surface area contributed by atoms with Crippen molar-refractivity contribution in [2.24, 2.45) is 0 Å². The third-order valence-electron chi connectivity index (χ3n) is 2.66. The number of aliphatic carboxylic acids is 1. The molecule has 0 aliphatic carbocycles. The molecule has 1 rings (SSSR count). The quantitative estimate of drug-likeness (QED) is 0.747. The lowest BCUT2D eigenvalue weighted by molar-refractivity contribution is -0.137. The average molecular weight is 284 g/mol. The van der Waals surface area contributed by atoms with E-state index in [4.69, 9.17) is 9.84 Å². The molecule has 0 aromatic heterocycles. The first-order valence-electron chi connectivity index (χ1n) is 6.09. The van der Waals surface area contributed by atoms with E-state index in [1.807, 2.05) is 0 Å². The van der Waals surface area contributed by atoms with Gasteiger partial charge in [0.25, 0.3) is 0 Å². The van der Waals surface area contributed by atoms with Crippen LogP contribution in [0.1, 0.15) is 19.8 Å². The van der Waals surface area contributed by atoms with Crippen LogP contribution in [0, 0.1) is 5.82 Å². The van der Waals surface area contributed by atoms with E-state index < -0.39 is 23.9 Å². The smallest absolute Gasteiger partial charge is 0.319 e. The molecule has 0 spiro atoms. The summed E-state index contributed by atoms with van der Waals surface area (Å²) in [6, 6.07) is 2.66. The molecule has 3 N–H and O–H groups in total. The summed E-state index contributed by atoms with van der Waals surface area (Å²) >= 11 is 0. The molecule has 0 heterocycles. The average Bonchev–Trinajstić information content (AvgIpc) is 2.39. The molecule has 0 bridgehead atoms. The van der Waals surface area contributed by atoms with Gasteiger partial charge in [0, 0.05) is 12.1 Å². The molecule has 0 aliphatic rings. The molecular formula is C13H17FN2O4. The van der Waals surface area contributed by atoms with E-state index >= 15 is 0 Å². The van der Waals surface area contributed by atoms with E-state index in [-0.39, 0.29) is 12.2 Å². The minimum atomic E-state index is -0.989. The molecule has 110 valence electrons. The molecule has 0 saturated carbocycles. The number of anilines is 1. The Morgan fingerprint density at radius 2 is 2.15 bits per heavy atom. The van der Waals surface area contributed by atoms with Crippen molar-refractivity contribution in [3.05, 3.63) is 24.0 Å². The van der Waals surface area contributed by atoms with Crippen molar-refractivity contribution >= 4 is 17.7 Å². The summed E-state index contributed by atoms with van der Waals surface area (Å²) in [4.78, 5) is 22.4. The van der Waals surface area contributed by atoms with Gasteiger partial charge < -0.3 is 20.5 Å². The van der Waals surface area contributed by atoms with Gasteiger partial charge in [-0.15, -0.1) is 0 Å². The number of carbonyl (C=O) groups is 2. The Bertz CT molecular complexity index is 493. The number of rotatable bonds is 6. The topological polar surface area (TPSA) is 87.7 Å². The number of carbonyl (C=O) groups excluding carboxylic acids is 1. The minimum Gasteiger partial charge on any atom is -0.494 e. The SMILES string of the molecule is CCC(CC(=O)O)NC(=O)Nc1ccc(F)cc1OC. The Kier molecular flexibility index (Phi) is 5.76. The fraction of sp³-hybridized carbons (Fsp3) is 0.385. The van der Waals surface area contributed by atoms with Gasteiger partial charge in [0.15, 0.2) is 0 Å². The van der Waals surface area contributed by atoms with Crippen LogP contribution in [-0.4, -0.2) is 30.3 Å². The summed E-state index contributed by atoms with van der Waals surface area (Å²) in [6.07, 6.45) is 0.324. The molecule has 1 atom stereocenters. The highest BCUT2D eigenvalue weighted by atomic mass is 19.1. The van der Waals surface area contributed by atoms with Crippen molar-refractivity contribution < 1.29 is 23.8 Å². The molecule has 2 amide bonds. The third-order valence-corrected chi connectivity index (χ3v) is 2.66.